The first-order chi connectivity index (χ1) is 15.7. The number of benzene rings is 2. The van der Waals surface area contributed by atoms with Crippen LogP contribution in [0.2, 0.25) is 0 Å². The first kappa shape index (κ1) is 28.7. The Bertz CT molecular complexity index is 830. The van der Waals surface area contributed by atoms with Gasteiger partial charge in [-0.05, 0) is 81.9 Å². The van der Waals surface area contributed by atoms with Crippen molar-refractivity contribution in [2.75, 3.05) is 13.1 Å². The van der Waals surface area contributed by atoms with Crippen molar-refractivity contribution >= 4 is 0 Å². The summed E-state index contributed by atoms with van der Waals surface area (Å²) in [5.74, 6) is -1.04. The summed E-state index contributed by atoms with van der Waals surface area (Å²) in [7, 11) is 0. The van der Waals surface area contributed by atoms with E-state index in [-0.39, 0.29) is 5.54 Å². The van der Waals surface area contributed by atoms with E-state index >= 15 is 0 Å². The van der Waals surface area contributed by atoms with Crippen LogP contribution in [0.4, 0.5) is 8.78 Å². The molecule has 0 atom stereocenters. The topological polar surface area (TPSA) is 61.8 Å². The van der Waals surface area contributed by atoms with Crippen molar-refractivity contribution in [3.8, 4) is 6.07 Å². The number of nitrogens with one attached hydrogen (secondary N) is 1. The minimum atomic E-state index is -0.521. The second kappa shape index (κ2) is 14.1. The Labute approximate surface area is 199 Å². The van der Waals surface area contributed by atoms with Gasteiger partial charge in [-0.2, -0.15) is 5.26 Å². The number of nitrogens with zero attached hydrogens (tertiary/aromatic N) is 1. The van der Waals surface area contributed by atoms with E-state index in [9.17, 15) is 14.0 Å². The fourth-order valence-corrected chi connectivity index (χ4v) is 4.11. The zero-order valence-electron chi connectivity index (χ0n) is 21.0. The lowest BCUT2D eigenvalue weighted by molar-refractivity contribution is 0.233. The molecule has 0 amide bonds. The molecule has 182 valence electrons. The van der Waals surface area contributed by atoms with Crippen LogP contribution in [-0.4, -0.2) is 13.1 Å². The maximum atomic E-state index is 12.2. The molecule has 0 saturated heterocycles. The first-order valence-corrected chi connectivity index (χ1v) is 12.1. The molecule has 33 heavy (non-hydrogen) atoms. The molecule has 0 heterocycles. The second-order valence-corrected chi connectivity index (χ2v) is 8.98. The van der Waals surface area contributed by atoms with Gasteiger partial charge in [0.1, 0.15) is 11.6 Å². The van der Waals surface area contributed by atoms with E-state index in [1.807, 2.05) is 27.7 Å². The van der Waals surface area contributed by atoms with Crippen molar-refractivity contribution in [1.29, 1.82) is 5.26 Å². The Morgan fingerprint density at radius 3 is 2.15 bits per heavy atom. The SMILES string of the molecule is CC.CC(C)(C#N)c1cccc(C2(NCCCN)CCCCC2)c1.Cc1cc(F)cc(F)c1. The van der Waals surface area contributed by atoms with Crippen LogP contribution >= 0.6 is 0 Å². The predicted octanol–water partition coefficient (Wildman–Crippen LogP) is 6.89. The maximum absolute atomic E-state index is 12.2. The smallest absolute Gasteiger partial charge is 0.126 e. The van der Waals surface area contributed by atoms with Crippen molar-refractivity contribution in [2.24, 2.45) is 5.73 Å². The summed E-state index contributed by atoms with van der Waals surface area (Å²) < 4.78 is 24.4. The molecule has 0 bridgehead atoms. The Kier molecular flexibility index (Phi) is 12.3. The van der Waals surface area contributed by atoms with Crippen LogP contribution in [-0.2, 0) is 11.0 Å². The van der Waals surface area contributed by atoms with Gasteiger partial charge in [0, 0.05) is 11.6 Å². The second-order valence-electron chi connectivity index (χ2n) is 8.98. The molecule has 0 aliphatic heterocycles. The molecule has 1 fully saturated rings. The molecule has 0 aromatic heterocycles. The van der Waals surface area contributed by atoms with Crippen LogP contribution in [0.3, 0.4) is 0 Å². The van der Waals surface area contributed by atoms with E-state index in [0.29, 0.717) is 5.56 Å². The van der Waals surface area contributed by atoms with Gasteiger partial charge in [-0.15, -0.1) is 0 Å². The molecule has 0 radical (unpaired) electrons. The Balaban J connectivity index is 0.000000412. The van der Waals surface area contributed by atoms with Crippen LogP contribution in [0.15, 0.2) is 42.5 Å². The van der Waals surface area contributed by atoms with E-state index in [4.69, 9.17) is 5.73 Å². The molecule has 3 rings (SSSR count). The minimum absolute atomic E-state index is 0.0645. The van der Waals surface area contributed by atoms with Crippen molar-refractivity contribution < 1.29 is 8.78 Å². The van der Waals surface area contributed by atoms with E-state index in [1.54, 1.807) is 6.92 Å². The average Bonchev–Trinajstić information content (AvgIpc) is 2.81. The molecule has 0 unspecified atom stereocenters. The van der Waals surface area contributed by atoms with Crippen LogP contribution in [0, 0.1) is 29.9 Å². The molecule has 1 aliphatic carbocycles. The van der Waals surface area contributed by atoms with Gasteiger partial charge in [0.25, 0.3) is 0 Å². The summed E-state index contributed by atoms with van der Waals surface area (Å²) >= 11 is 0. The van der Waals surface area contributed by atoms with Gasteiger partial charge in [0.15, 0.2) is 0 Å². The number of hydrogen-bond donors (Lipinski definition) is 2. The lowest BCUT2D eigenvalue weighted by atomic mass is 9.74. The number of hydrogen-bond acceptors (Lipinski definition) is 3. The molecular weight excluding hydrogens is 416 g/mol. The lowest BCUT2D eigenvalue weighted by Crippen LogP contribution is -2.45. The zero-order valence-corrected chi connectivity index (χ0v) is 21.0. The first-order valence-electron chi connectivity index (χ1n) is 12.1. The van der Waals surface area contributed by atoms with E-state index in [0.717, 1.165) is 31.1 Å². The fourth-order valence-electron chi connectivity index (χ4n) is 4.11. The number of aryl methyl sites for hydroxylation is 1. The van der Waals surface area contributed by atoms with Gasteiger partial charge in [-0.25, -0.2) is 8.78 Å². The van der Waals surface area contributed by atoms with Crippen molar-refractivity contribution in [3.63, 3.8) is 0 Å². The van der Waals surface area contributed by atoms with E-state index < -0.39 is 17.0 Å². The van der Waals surface area contributed by atoms with Crippen LogP contribution in [0.25, 0.3) is 0 Å². The van der Waals surface area contributed by atoms with Crippen molar-refractivity contribution in [1.82, 2.24) is 5.32 Å². The van der Waals surface area contributed by atoms with E-state index in [1.165, 1.54) is 49.8 Å². The molecule has 5 heteroatoms. The number of nitriles is 1. The van der Waals surface area contributed by atoms with Crippen LogP contribution in [0.5, 0.6) is 0 Å². The number of rotatable bonds is 6. The van der Waals surface area contributed by atoms with Gasteiger partial charge in [-0.1, -0.05) is 57.4 Å². The largest absolute Gasteiger partial charge is 0.330 e. The van der Waals surface area contributed by atoms with Gasteiger partial charge < -0.3 is 11.1 Å². The third kappa shape index (κ3) is 8.87. The molecule has 2 aromatic rings. The summed E-state index contributed by atoms with van der Waals surface area (Å²) in [5, 5.41) is 13.2. The van der Waals surface area contributed by atoms with Gasteiger partial charge in [0.2, 0.25) is 0 Å². The van der Waals surface area contributed by atoms with Crippen molar-refractivity contribution in [2.45, 2.75) is 84.1 Å². The highest BCUT2D eigenvalue weighted by molar-refractivity contribution is 5.37. The molecule has 2 aromatic carbocycles. The predicted molar refractivity (Wildman–Crippen MR) is 134 cm³/mol. The van der Waals surface area contributed by atoms with Crippen LogP contribution in [0.1, 0.15) is 82.9 Å². The lowest BCUT2D eigenvalue weighted by Gasteiger charge is -2.39. The monoisotopic (exact) mass is 457 g/mol. The van der Waals surface area contributed by atoms with Gasteiger partial charge in [0.05, 0.1) is 11.5 Å². The third-order valence-electron chi connectivity index (χ3n) is 5.97. The normalized spacial score (nSPS) is 14.8. The molecule has 0 spiro atoms. The summed E-state index contributed by atoms with van der Waals surface area (Å²) in [6, 6.07) is 14.5. The van der Waals surface area contributed by atoms with E-state index in [2.05, 4.69) is 35.7 Å². The van der Waals surface area contributed by atoms with Crippen LogP contribution < -0.4 is 11.1 Å². The highest BCUT2D eigenvalue weighted by Gasteiger charge is 2.34. The zero-order chi connectivity index (χ0) is 24.9. The molecular formula is C28H41F2N3. The Morgan fingerprint density at radius 2 is 1.64 bits per heavy atom. The molecule has 1 aliphatic rings. The summed E-state index contributed by atoms with van der Waals surface area (Å²) in [4.78, 5) is 0. The minimum Gasteiger partial charge on any atom is -0.330 e. The Morgan fingerprint density at radius 1 is 1.03 bits per heavy atom. The Hall–Kier alpha value is -2.29. The van der Waals surface area contributed by atoms with Gasteiger partial charge >= 0.3 is 0 Å². The number of halogens is 2. The van der Waals surface area contributed by atoms with Gasteiger partial charge in [-0.3, -0.25) is 0 Å². The summed E-state index contributed by atoms with van der Waals surface area (Å²) in [5.41, 5.74) is 8.32. The third-order valence-corrected chi connectivity index (χ3v) is 5.97. The molecule has 3 N–H and O–H groups in total. The fraction of sp³-hybridized carbons (Fsp3) is 0.536. The number of nitrogens with two attached hydrogens (primary N) is 1. The molecule has 3 nitrogen and oxygen atoms in total. The highest BCUT2D eigenvalue weighted by Crippen LogP contribution is 2.38. The van der Waals surface area contributed by atoms with Crippen molar-refractivity contribution in [3.05, 3.63) is 70.8 Å². The quantitative estimate of drug-likeness (QED) is 0.465. The molecule has 1 saturated carbocycles. The summed E-state index contributed by atoms with van der Waals surface area (Å²) in [6.45, 7) is 11.3. The maximum Gasteiger partial charge on any atom is 0.126 e. The standard InChI is InChI=1S/C19H29N3.C7H6F2.C2H6/c1-18(2,15-21)16-8-6-9-17(14-16)19(22-13-7-12-20)10-4-3-5-11-19;1-5-2-6(8)4-7(9)3-5;1-2/h6,8-9,14,22H,3-5,7,10-13,20H2,1-2H3;2-4H,1H3;1-2H3. The highest BCUT2D eigenvalue weighted by atomic mass is 19.1. The summed E-state index contributed by atoms with van der Waals surface area (Å²) in [6.07, 6.45) is 7.21. The average molecular weight is 458 g/mol.